The van der Waals surface area contributed by atoms with E-state index in [9.17, 15) is 13.2 Å². The van der Waals surface area contributed by atoms with Crippen LogP contribution in [0.4, 0.5) is 13.2 Å². The summed E-state index contributed by atoms with van der Waals surface area (Å²) in [4.78, 5) is 4.14. The average Bonchev–Trinajstić information content (AvgIpc) is 3.09. The smallest absolute Gasteiger partial charge is 0.406 e. The van der Waals surface area contributed by atoms with E-state index in [0.29, 0.717) is 19.1 Å². The molecular weight excluding hydrogens is 478 g/mol. The van der Waals surface area contributed by atoms with Crippen LogP contribution in [0.1, 0.15) is 18.4 Å². The van der Waals surface area contributed by atoms with Crippen molar-refractivity contribution in [2.24, 2.45) is 16.6 Å². The van der Waals surface area contributed by atoms with Crippen LogP contribution in [0.3, 0.4) is 0 Å². The van der Waals surface area contributed by atoms with Gasteiger partial charge < -0.3 is 25.3 Å². The molecule has 0 aromatic heterocycles. The SMILES string of the molecule is I.NC(=NCc1ccc(OC(F)(F)F)cc1)NCCCOCC1CCOC1. The second-order valence-corrected chi connectivity index (χ2v) is 5.98. The number of nitrogens with two attached hydrogens (primary N) is 1. The van der Waals surface area contributed by atoms with Crippen molar-refractivity contribution in [3.8, 4) is 5.75 Å². The van der Waals surface area contributed by atoms with Crippen LogP contribution >= 0.6 is 24.0 Å². The third kappa shape index (κ3) is 10.6. The van der Waals surface area contributed by atoms with E-state index < -0.39 is 6.36 Å². The molecule has 0 amide bonds. The summed E-state index contributed by atoms with van der Waals surface area (Å²) in [5, 5.41) is 2.97. The number of nitrogens with zero attached hydrogens (tertiary/aromatic N) is 1. The first-order chi connectivity index (χ1) is 12.4. The van der Waals surface area contributed by atoms with E-state index in [2.05, 4.69) is 15.0 Å². The van der Waals surface area contributed by atoms with Crippen LogP contribution in [-0.2, 0) is 16.0 Å². The van der Waals surface area contributed by atoms with E-state index in [0.717, 1.165) is 38.2 Å². The van der Waals surface area contributed by atoms with Crippen LogP contribution < -0.4 is 15.8 Å². The molecule has 27 heavy (non-hydrogen) atoms. The molecule has 1 unspecified atom stereocenters. The molecule has 10 heteroatoms. The van der Waals surface area contributed by atoms with Gasteiger partial charge in [0.1, 0.15) is 5.75 Å². The predicted octanol–water partition coefficient (Wildman–Crippen LogP) is 3.05. The van der Waals surface area contributed by atoms with E-state index in [1.54, 1.807) is 0 Å². The van der Waals surface area contributed by atoms with E-state index >= 15 is 0 Å². The van der Waals surface area contributed by atoms with E-state index in [1.807, 2.05) is 0 Å². The largest absolute Gasteiger partial charge is 0.573 e. The van der Waals surface area contributed by atoms with Gasteiger partial charge in [-0.1, -0.05) is 12.1 Å². The van der Waals surface area contributed by atoms with Crippen molar-refractivity contribution in [2.45, 2.75) is 25.7 Å². The Morgan fingerprint density at radius 1 is 1.30 bits per heavy atom. The third-order valence-electron chi connectivity index (χ3n) is 3.74. The monoisotopic (exact) mass is 503 g/mol. The fourth-order valence-electron chi connectivity index (χ4n) is 2.38. The first-order valence-electron chi connectivity index (χ1n) is 8.46. The number of halogens is 4. The Labute approximate surface area is 173 Å². The molecule has 1 aliphatic rings. The lowest BCUT2D eigenvalue weighted by molar-refractivity contribution is -0.274. The van der Waals surface area contributed by atoms with Crippen molar-refractivity contribution >= 4 is 29.9 Å². The van der Waals surface area contributed by atoms with E-state index in [-0.39, 0.29) is 42.2 Å². The number of benzene rings is 1. The maximum atomic E-state index is 12.1. The maximum Gasteiger partial charge on any atom is 0.573 e. The number of nitrogens with one attached hydrogen (secondary N) is 1. The summed E-state index contributed by atoms with van der Waals surface area (Å²) in [6, 6.07) is 5.51. The molecule has 0 saturated carbocycles. The van der Waals surface area contributed by atoms with Crippen LogP contribution in [0.25, 0.3) is 0 Å². The number of ether oxygens (including phenoxy) is 3. The van der Waals surface area contributed by atoms with Crippen molar-refractivity contribution in [1.29, 1.82) is 0 Å². The first kappa shape index (κ1) is 23.8. The molecule has 1 aromatic carbocycles. The van der Waals surface area contributed by atoms with Gasteiger partial charge in [-0.2, -0.15) is 0 Å². The van der Waals surface area contributed by atoms with Crippen molar-refractivity contribution in [1.82, 2.24) is 5.32 Å². The van der Waals surface area contributed by atoms with Gasteiger partial charge in [0.2, 0.25) is 0 Å². The van der Waals surface area contributed by atoms with E-state index in [4.69, 9.17) is 15.2 Å². The molecule has 1 aromatic rings. The lowest BCUT2D eigenvalue weighted by atomic mass is 10.1. The topological polar surface area (TPSA) is 78.1 Å². The Bertz CT molecular complexity index is 565. The number of guanidine groups is 1. The highest BCUT2D eigenvalue weighted by atomic mass is 127. The Balaban J connectivity index is 0.00000364. The van der Waals surface area contributed by atoms with Crippen molar-refractivity contribution in [3.63, 3.8) is 0 Å². The zero-order valence-electron chi connectivity index (χ0n) is 14.8. The second kappa shape index (κ2) is 12.2. The Morgan fingerprint density at radius 3 is 2.67 bits per heavy atom. The molecule has 0 aliphatic carbocycles. The molecule has 0 spiro atoms. The highest BCUT2D eigenvalue weighted by Crippen LogP contribution is 2.22. The minimum Gasteiger partial charge on any atom is -0.406 e. The number of rotatable bonds is 9. The van der Waals surface area contributed by atoms with Crippen molar-refractivity contribution in [2.75, 3.05) is 33.0 Å². The molecule has 1 heterocycles. The number of alkyl halides is 3. The molecule has 1 fully saturated rings. The lowest BCUT2D eigenvalue weighted by Gasteiger charge is -2.10. The Kier molecular flexibility index (Phi) is 10.8. The summed E-state index contributed by atoms with van der Waals surface area (Å²) in [5.41, 5.74) is 6.49. The summed E-state index contributed by atoms with van der Waals surface area (Å²) in [7, 11) is 0. The fraction of sp³-hybridized carbons (Fsp3) is 0.588. The third-order valence-corrected chi connectivity index (χ3v) is 3.74. The standard InChI is InChI=1S/C17H24F3N3O3.HI/c18-17(19,20)26-15-4-2-13(3-5-15)10-23-16(21)22-7-1-8-24-11-14-6-9-25-12-14;/h2-5,14H,1,6-12H2,(H3,21,22,23);1H. The average molecular weight is 503 g/mol. The van der Waals surface area contributed by atoms with Crippen LogP contribution in [0.15, 0.2) is 29.3 Å². The summed E-state index contributed by atoms with van der Waals surface area (Å²) in [5.74, 6) is 0.521. The van der Waals surface area contributed by atoms with Crippen LogP contribution in [0.2, 0.25) is 0 Å². The number of hydrogen-bond donors (Lipinski definition) is 2. The van der Waals surface area contributed by atoms with Gasteiger partial charge in [-0.05, 0) is 30.5 Å². The molecule has 1 atom stereocenters. The Hall–Kier alpha value is -1.27. The quantitative estimate of drug-likeness (QED) is 0.235. The van der Waals surface area contributed by atoms with Crippen molar-refractivity contribution < 1.29 is 27.4 Å². The summed E-state index contributed by atoms with van der Waals surface area (Å²) in [6.07, 6.45) is -2.84. The predicted molar refractivity (Wildman–Crippen MR) is 106 cm³/mol. The summed E-state index contributed by atoms with van der Waals surface area (Å²) >= 11 is 0. The molecule has 1 aliphatic heterocycles. The molecule has 0 bridgehead atoms. The van der Waals surface area contributed by atoms with Crippen molar-refractivity contribution in [3.05, 3.63) is 29.8 Å². The summed E-state index contributed by atoms with van der Waals surface area (Å²) in [6.45, 7) is 3.86. The molecular formula is C17H25F3IN3O3. The maximum absolute atomic E-state index is 12.1. The normalized spacial score (nSPS) is 17.4. The number of aliphatic imine (C=N–C) groups is 1. The molecule has 154 valence electrons. The van der Waals surface area contributed by atoms with Gasteiger partial charge in [-0.3, -0.25) is 0 Å². The van der Waals surface area contributed by atoms with Gasteiger partial charge in [0.15, 0.2) is 5.96 Å². The Morgan fingerprint density at radius 2 is 2.04 bits per heavy atom. The zero-order valence-corrected chi connectivity index (χ0v) is 17.2. The highest BCUT2D eigenvalue weighted by Gasteiger charge is 2.30. The molecule has 0 radical (unpaired) electrons. The van der Waals surface area contributed by atoms with Gasteiger partial charge in [0.25, 0.3) is 0 Å². The van der Waals surface area contributed by atoms with Gasteiger partial charge in [0, 0.05) is 25.7 Å². The highest BCUT2D eigenvalue weighted by molar-refractivity contribution is 14.0. The second-order valence-electron chi connectivity index (χ2n) is 5.98. The minimum absolute atomic E-state index is 0. The minimum atomic E-state index is -4.69. The molecule has 2 rings (SSSR count). The van der Waals surface area contributed by atoms with Gasteiger partial charge in [-0.25, -0.2) is 4.99 Å². The van der Waals surface area contributed by atoms with Crippen LogP contribution in [-0.4, -0.2) is 45.3 Å². The van der Waals surface area contributed by atoms with Gasteiger partial charge in [0.05, 0.1) is 19.8 Å². The molecule has 3 N–H and O–H groups in total. The van der Waals surface area contributed by atoms with Gasteiger partial charge >= 0.3 is 6.36 Å². The number of hydrogen-bond acceptors (Lipinski definition) is 4. The van der Waals surface area contributed by atoms with Crippen LogP contribution in [0.5, 0.6) is 5.75 Å². The fourth-order valence-corrected chi connectivity index (χ4v) is 2.38. The lowest BCUT2D eigenvalue weighted by Crippen LogP contribution is -2.33. The summed E-state index contributed by atoms with van der Waals surface area (Å²) < 4.78 is 50.9. The first-order valence-corrected chi connectivity index (χ1v) is 8.46. The molecule has 1 saturated heterocycles. The van der Waals surface area contributed by atoms with Gasteiger partial charge in [-0.15, -0.1) is 37.1 Å². The zero-order chi connectivity index (χ0) is 18.8. The molecule has 6 nitrogen and oxygen atoms in total. The van der Waals surface area contributed by atoms with Crippen LogP contribution in [0, 0.1) is 5.92 Å². The van der Waals surface area contributed by atoms with E-state index in [1.165, 1.54) is 24.3 Å².